The fourth-order valence-corrected chi connectivity index (χ4v) is 2.70. The van der Waals surface area contributed by atoms with Crippen LogP contribution in [0.5, 0.6) is 0 Å². The summed E-state index contributed by atoms with van der Waals surface area (Å²) in [5.41, 5.74) is 13.6. The molecule has 6 nitrogen and oxygen atoms in total. The number of aromatic nitrogens is 2. The maximum absolute atomic E-state index is 11.7. The minimum absolute atomic E-state index is 0.326. The number of nitrogen functional groups attached to an aromatic ring is 1. The number of primary amides is 1. The second-order valence-corrected chi connectivity index (χ2v) is 5.19. The number of hydrogen-bond donors (Lipinski definition) is 2. The third-order valence-corrected chi connectivity index (χ3v) is 3.75. The van der Waals surface area contributed by atoms with E-state index >= 15 is 0 Å². The van der Waals surface area contributed by atoms with Crippen LogP contribution in [-0.4, -0.2) is 26.8 Å². The number of carbonyl (C=O) groups excluding carboxylic acids is 1. The van der Waals surface area contributed by atoms with Crippen molar-refractivity contribution in [2.75, 3.05) is 5.73 Å². The maximum atomic E-state index is 11.7. The van der Waals surface area contributed by atoms with E-state index < -0.39 is 0 Å². The number of amides is 1. The highest BCUT2D eigenvalue weighted by Gasteiger charge is 2.30. The molecular formula is C15H17N5O. The summed E-state index contributed by atoms with van der Waals surface area (Å²) in [5.74, 6) is 0.696. The Balaban J connectivity index is 1.87. The van der Waals surface area contributed by atoms with E-state index in [0.29, 0.717) is 31.2 Å². The molecule has 1 amide bonds. The Labute approximate surface area is 122 Å². The second kappa shape index (κ2) is 5.49. The third-order valence-electron chi connectivity index (χ3n) is 3.75. The molecule has 21 heavy (non-hydrogen) atoms. The van der Waals surface area contributed by atoms with Gasteiger partial charge in [0, 0.05) is 12.7 Å². The Morgan fingerprint density at radius 3 is 2.76 bits per heavy atom. The minimum Gasteiger partial charge on any atom is -0.384 e. The van der Waals surface area contributed by atoms with Gasteiger partial charge in [0.25, 0.3) is 0 Å². The van der Waals surface area contributed by atoms with Gasteiger partial charge in [0.2, 0.25) is 5.91 Å². The lowest BCUT2D eigenvalue weighted by Crippen LogP contribution is -2.48. The summed E-state index contributed by atoms with van der Waals surface area (Å²) in [7, 11) is 0. The first-order valence-electron chi connectivity index (χ1n) is 6.81. The van der Waals surface area contributed by atoms with Gasteiger partial charge in [-0.05, 0) is 23.6 Å². The zero-order valence-corrected chi connectivity index (χ0v) is 11.6. The van der Waals surface area contributed by atoms with E-state index in [4.69, 9.17) is 11.5 Å². The monoisotopic (exact) mass is 283 g/mol. The fraction of sp³-hybridized carbons (Fsp3) is 0.267. The molecule has 0 spiro atoms. The predicted molar refractivity (Wildman–Crippen MR) is 78.8 cm³/mol. The molecular weight excluding hydrogens is 266 g/mol. The standard InChI is InChI=1S/C15H17N5O/c16-13-5-6-18-14(19-13)9-20-8-11-4-2-1-3-10(11)7-12(20)15(17)21/h1-6,12H,7-9H2,(H2,17,21)(H2,16,18,19)/t12-/m0/s1. The van der Waals surface area contributed by atoms with Crippen LogP contribution in [0.15, 0.2) is 36.5 Å². The third kappa shape index (κ3) is 2.85. The van der Waals surface area contributed by atoms with Crippen molar-refractivity contribution in [1.82, 2.24) is 14.9 Å². The lowest BCUT2D eigenvalue weighted by Gasteiger charge is -2.34. The summed E-state index contributed by atoms with van der Waals surface area (Å²) in [6.07, 6.45) is 2.24. The summed E-state index contributed by atoms with van der Waals surface area (Å²) in [5, 5.41) is 0. The second-order valence-electron chi connectivity index (χ2n) is 5.19. The molecule has 1 aliphatic rings. The van der Waals surface area contributed by atoms with E-state index in [9.17, 15) is 4.79 Å². The van der Waals surface area contributed by atoms with Gasteiger partial charge in [-0.15, -0.1) is 0 Å². The van der Waals surface area contributed by atoms with Gasteiger partial charge in [-0.2, -0.15) is 0 Å². The van der Waals surface area contributed by atoms with Gasteiger partial charge in [-0.1, -0.05) is 24.3 Å². The molecule has 2 aromatic rings. The number of anilines is 1. The lowest BCUT2D eigenvalue weighted by molar-refractivity contribution is -0.124. The summed E-state index contributed by atoms with van der Waals surface area (Å²) in [4.78, 5) is 22.1. The average Bonchev–Trinajstić information content (AvgIpc) is 2.46. The molecule has 0 saturated heterocycles. The molecule has 0 radical (unpaired) electrons. The average molecular weight is 283 g/mol. The molecule has 2 heterocycles. The molecule has 0 fully saturated rings. The van der Waals surface area contributed by atoms with E-state index in [1.165, 1.54) is 11.1 Å². The number of carbonyl (C=O) groups is 1. The fourth-order valence-electron chi connectivity index (χ4n) is 2.70. The molecule has 1 aliphatic heterocycles. The smallest absolute Gasteiger partial charge is 0.235 e. The number of fused-ring (bicyclic) bond motifs is 1. The first kappa shape index (κ1) is 13.5. The van der Waals surface area contributed by atoms with Gasteiger partial charge in [-0.25, -0.2) is 9.97 Å². The summed E-state index contributed by atoms with van der Waals surface area (Å²) in [6, 6.07) is 9.39. The predicted octanol–water partition coefficient (Wildman–Crippen LogP) is 0.471. The zero-order chi connectivity index (χ0) is 14.8. The van der Waals surface area contributed by atoms with Crippen LogP contribution in [0.3, 0.4) is 0 Å². The van der Waals surface area contributed by atoms with Crippen molar-refractivity contribution < 1.29 is 4.79 Å². The van der Waals surface area contributed by atoms with Gasteiger partial charge < -0.3 is 11.5 Å². The van der Waals surface area contributed by atoms with Crippen molar-refractivity contribution in [2.45, 2.75) is 25.6 Å². The van der Waals surface area contributed by atoms with Crippen LogP contribution >= 0.6 is 0 Å². The van der Waals surface area contributed by atoms with Gasteiger partial charge in [0.1, 0.15) is 11.6 Å². The van der Waals surface area contributed by atoms with Gasteiger partial charge in [0.15, 0.2) is 0 Å². The quantitative estimate of drug-likeness (QED) is 0.853. The van der Waals surface area contributed by atoms with Crippen molar-refractivity contribution in [1.29, 1.82) is 0 Å². The van der Waals surface area contributed by atoms with Crippen molar-refractivity contribution in [3.63, 3.8) is 0 Å². The highest BCUT2D eigenvalue weighted by atomic mass is 16.1. The first-order chi connectivity index (χ1) is 10.1. The summed E-state index contributed by atoms with van der Waals surface area (Å²) >= 11 is 0. The molecule has 4 N–H and O–H groups in total. The number of nitrogens with two attached hydrogens (primary N) is 2. The van der Waals surface area contributed by atoms with Crippen molar-refractivity contribution in [3.8, 4) is 0 Å². The van der Waals surface area contributed by atoms with Crippen LogP contribution in [0, 0.1) is 0 Å². The molecule has 108 valence electrons. The van der Waals surface area contributed by atoms with Crippen LogP contribution in [-0.2, 0) is 24.3 Å². The van der Waals surface area contributed by atoms with Crippen molar-refractivity contribution >= 4 is 11.7 Å². The van der Waals surface area contributed by atoms with Crippen LogP contribution in [0.2, 0.25) is 0 Å². The van der Waals surface area contributed by atoms with Gasteiger partial charge in [0.05, 0.1) is 12.6 Å². The SMILES string of the molecule is NC(=O)[C@@H]1Cc2ccccc2CN1Cc1nccc(N)n1. The van der Waals surface area contributed by atoms with Crippen LogP contribution in [0.4, 0.5) is 5.82 Å². The van der Waals surface area contributed by atoms with E-state index in [1.54, 1.807) is 12.3 Å². The molecule has 0 unspecified atom stereocenters. The Hall–Kier alpha value is -2.47. The van der Waals surface area contributed by atoms with E-state index in [0.717, 1.165) is 0 Å². The molecule has 6 heteroatoms. The number of rotatable bonds is 3. The van der Waals surface area contributed by atoms with Crippen LogP contribution in [0.1, 0.15) is 17.0 Å². The highest BCUT2D eigenvalue weighted by molar-refractivity contribution is 5.80. The van der Waals surface area contributed by atoms with Crippen molar-refractivity contribution in [3.05, 3.63) is 53.5 Å². The normalized spacial score (nSPS) is 18.2. The largest absolute Gasteiger partial charge is 0.384 e. The Morgan fingerprint density at radius 1 is 1.29 bits per heavy atom. The molecule has 1 aromatic carbocycles. The highest BCUT2D eigenvalue weighted by Crippen LogP contribution is 2.24. The summed E-state index contributed by atoms with van der Waals surface area (Å²) < 4.78 is 0. The van der Waals surface area contributed by atoms with Crippen molar-refractivity contribution in [2.24, 2.45) is 5.73 Å². The zero-order valence-electron chi connectivity index (χ0n) is 11.6. The molecule has 1 aromatic heterocycles. The number of nitrogens with zero attached hydrogens (tertiary/aromatic N) is 3. The molecule has 1 atom stereocenters. The number of benzene rings is 1. The van der Waals surface area contributed by atoms with E-state index in [1.807, 2.05) is 23.1 Å². The summed E-state index contributed by atoms with van der Waals surface area (Å²) in [6.45, 7) is 1.11. The van der Waals surface area contributed by atoms with E-state index in [2.05, 4.69) is 16.0 Å². The molecule has 0 aliphatic carbocycles. The Bertz CT molecular complexity index is 673. The first-order valence-corrected chi connectivity index (χ1v) is 6.81. The van der Waals surface area contributed by atoms with E-state index in [-0.39, 0.29) is 11.9 Å². The topological polar surface area (TPSA) is 98.1 Å². The molecule has 0 bridgehead atoms. The Morgan fingerprint density at radius 2 is 2.05 bits per heavy atom. The lowest BCUT2D eigenvalue weighted by atomic mass is 9.93. The maximum Gasteiger partial charge on any atom is 0.235 e. The Kier molecular flexibility index (Phi) is 3.53. The van der Waals surface area contributed by atoms with Crippen LogP contribution in [0.25, 0.3) is 0 Å². The molecule has 0 saturated carbocycles. The number of hydrogen-bond acceptors (Lipinski definition) is 5. The van der Waals surface area contributed by atoms with Gasteiger partial charge in [-0.3, -0.25) is 9.69 Å². The van der Waals surface area contributed by atoms with Gasteiger partial charge >= 0.3 is 0 Å². The minimum atomic E-state index is -0.343. The van der Waals surface area contributed by atoms with Crippen LogP contribution < -0.4 is 11.5 Å². The molecule has 3 rings (SSSR count).